The summed E-state index contributed by atoms with van der Waals surface area (Å²) in [7, 11) is 4.05. The molecule has 2 heterocycles. The molecule has 2 rings (SSSR count). The van der Waals surface area contributed by atoms with Crippen LogP contribution < -0.4 is 10.6 Å². The Hall–Kier alpha value is -1.66. The van der Waals surface area contributed by atoms with Gasteiger partial charge in [-0.15, -0.1) is 0 Å². The van der Waals surface area contributed by atoms with Crippen molar-refractivity contribution in [3.05, 3.63) is 24.0 Å². The largest absolute Gasteiger partial charge is 0.384 e. The van der Waals surface area contributed by atoms with Crippen molar-refractivity contribution < 1.29 is 9.53 Å². The van der Waals surface area contributed by atoms with E-state index < -0.39 is 0 Å². The Balaban J connectivity index is 1.82. The van der Waals surface area contributed by atoms with Crippen LogP contribution in [0, 0.1) is 0 Å². The van der Waals surface area contributed by atoms with Gasteiger partial charge >= 0.3 is 0 Å². The molecule has 0 aromatic carbocycles. The predicted octanol–water partition coefficient (Wildman–Crippen LogP) is 0.964. The molecule has 0 spiro atoms. The molecule has 0 radical (unpaired) electrons. The van der Waals surface area contributed by atoms with Crippen LogP contribution in [0.3, 0.4) is 0 Å². The molecule has 1 unspecified atom stereocenters. The van der Waals surface area contributed by atoms with Crippen LogP contribution in [0.5, 0.6) is 0 Å². The van der Waals surface area contributed by atoms with E-state index in [2.05, 4.69) is 20.5 Å². The number of likely N-dealkylation sites (N-methyl/N-ethyl adjacent to an activating group) is 1. The highest BCUT2D eigenvalue weighted by atomic mass is 16.5. The van der Waals surface area contributed by atoms with E-state index in [0.717, 1.165) is 38.2 Å². The Bertz CT molecular complexity index is 459. The number of aromatic nitrogens is 1. The van der Waals surface area contributed by atoms with E-state index >= 15 is 0 Å². The number of nitrogens with zero attached hydrogens (tertiary/aromatic N) is 2. The van der Waals surface area contributed by atoms with Crippen molar-refractivity contribution in [1.82, 2.24) is 15.2 Å². The van der Waals surface area contributed by atoms with Gasteiger partial charge in [0.15, 0.2) is 0 Å². The lowest BCUT2D eigenvalue weighted by Crippen LogP contribution is -2.32. The second-order valence-electron chi connectivity index (χ2n) is 5.50. The molecule has 0 saturated carbocycles. The zero-order valence-corrected chi connectivity index (χ0v) is 12.8. The van der Waals surface area contributed by atoms with Crippen LogP contribution in [0.15, 0.2) is 18.3 Å². The van der Waals surface area contributed by atoms with Crippen molar-refractivity contribution >= 4 is 11.6 Å². The third-order valence-electron chi connectivity index (χ3n) is 3.39. The number of amides is 1. The van der Waals surface area contributed by atoms with Crippen LogP contribution in [0.1, 0.15) is 23.3 Å². The van der Waals surface area contributed by atoms with Crippen molar-refractivity contribution in [3.8, 4) is 0 Å². The summed E-state index contributed by atoms with van der Waals surface area (Å²) in [5.41, 5.74) is 1.34. The van der Waals surface area contributed by atoms with E-state index in [1.165, 1.54) is 0 Å². The van der Waals surface area contributed by atoms with E-state index in [-0.39, 0.29) is 12.0 Å². The summed E-state index contributed by atoms with van der Waals surface area (Å²) in [6, 6.07) is 3.65. The zero-order valence-electron chi connectivity index (χ0n) is 12.8. The maximum Gasteiger partial charge on any atom is 0.270 e. The number of carbonyl (C=O) groups excluding carboxylic acids is 1. The second kappa shape index (κ2) is 7.95. The topological polar surface area (TPSA) is 66.5 Å². The van der Waals surface area contributed by atoms with Gasteiger partial charge in [-0.1, -0.05) is 0 Å². The summed E-state index contributed by atoms with van der Waals surface area (Å²) in [4.78, 5) is 18.3. The fourth-order valence-electron chi connectivity index (χ4n) is 2.19. The Labute approximate surface area is 125 Å². The van der Waals surface area contributed by atoms with Gasteiger partial charge in [0.2, 0.25) is 0 Å². The summed E-state index contributed by atoms with van der Waals surface area (Å²) in [5, 5.41) is 6.16. The van der Waals surface area contributed by atoms with Crippen molar-refractivity contribution in [2.24, 2.45) is 0 Å². The van der Waals surface area contributed by atoms with Crippen LogP contribution >= 0.6 is 0 Å². The molecule has 0 bridgehead atoms. The summed E-state index contributed by atoms with van der Waals surface area (Å²) in [6.07, 6.45) is 3.89. The lowest BCUT2D eigenvalue weighted by Gasteiger charge is -2.13. The molecule has 116 valence electrons. The average molecular weight is 292 g/mol. The minimum absolute atomic E-state index is 0.148. The maximum atomic E-state index is 12.1. The van der Waals surface area contributed by atoms with E-state index in [1.807, 2.05) is 20.2 Å². The molecule has 1 aromatic heterocycles. The fraction of sp³-hybridized carbons (Fsp3) is 0.600. The van der Waals surface area contributed by atoms with Gasteiger partial charge in [0.05, 0.1) is 6.10 Å². The molecule has 6 heteroatoms. The number of ether oxygens (including phenoxy) is 1. The minimum atomic E-state index is -0.151. The molecule has 1 aromatic rings. The van der Waals surface area contributed by atoms with E-state index in [4.69, 9.17) is 4.74 Å². The summed E-state index contributed by atoms with van der Waals surface area (Å²) >= 11 is 0. The Morgan fingerprint density at radius 1 is 1.52 bits per heavy atom. The number of carbonyl (C=O) groups is 1. The van der Waals surface area contributed by atoms with E-state index in [0.29, 0.717) is 12.2 Å². The van der Waals surface area contributed by atoms with Gasteiger partial charge in [0.1, 0.15) is 5.69 Å². The lowest BCUT2D eigenvalue weighted by atomic mass is 10.2. The number of hydrogen-bond donors (Lipinski definition) is 2. The first-order valence-electron chi connectivity index (χ1n) is 7.39. The van der Waals surface area contributed by atoms with Gasteiger partial charge in [0.25, 0.3) is 5.91 Å². The molecule has 1 aliphatic rings. The summed E-state index contributed by atoms with van der Waals surface area (Å²) in [6.45, 7) is 3.11. The van der Waals surface area contributed by atoms with Crippen molar-refractivity contribution in [1.29, 1.82) is 0 Å². The summed E-state index contributed by atoms with van der Waals surface area (Å²) in [5.74, 6) is -0.151. The van der Waals surface area contributed by atoms with Crippen LogP contribution in [0.4, 0.5) is 5.69 Å². The van der Waals surface area contributed by atoms with Gasteiger partial charge in [0, 0.05) is 38.1 Å². The molecule has 6 nitrogen and oxygen atoms in total. The number of rotatable bonds is 7. The Morgan fingerprint density at radius 2 is 2.38 bits per heavy atom. The van der Waals surface area contributed by atoms with Gasteiger partial charge in [-0.25, -0.2) is 0 Å². The molecule has 0 aliphatic carbocycles. The molecule has 1 aliphatic heterocycles. The number of anilines is 1. The normalized spacial score (nSPS) is 18.0. The highest BCUT2D eigenvalue weighted by Gasteiger charge is 2.17. The lowest BCUT2D eigenvalue weighted by molar-refractivity contribution is 0.0854. The molecule has 21 heavy (non-hydrogen) atoms. The quantitative estimate of drug-likeness (QED) is 0.784. The third-order valence-corrected chi connectivity index (χ3v) is 3.39. The van der Waals surface area contributed by atoms with Crippen molar-refractivity contribution in [2.45, 2.75) is 18.9 Å². The predicted molar refractivity (Wildman–Crippen MR) is 82.6 cm³/mol. The van der Waals surface area contributed by atoms with Gasteiger partial charge in [-0.05, 0) is 39.1 Å². The van der Waals surface area contributed by atoms with Crippen molar-refractivity contribution in [3.63, 3.8) is 0 Å². The average Bonchev–Trinajstić information content (AvgIpc) is 2.98. The van der Waals surface area contributed by atoms with Crippen LogP contribution in [0.25, 0.3) is 0 Å². The molecule has 1 atom stereocenters. The first-order valence-corrected chi connectivity index (χ1v) is 7.39. The maximum absolute atomic E-state index is 12.1. The number of pyridine rings is 1. The molecule has 1 fully saturated rings. The smallest absolute Gasteiger partial charge is 0.270 e. The zero-order chi connectivity index (χ0) is 15.1. The first-order chi connectivity index (χ1) is 10.1. The monoisotopic (exact) mass is 292 g/mol. The fourth-order valence-corrected chi connectivity index (χ4v) is 2.19. The Kier molecular flexibility index (Phi) is 5.95. The second-order valence-corrected chi connectivity index (χ2v) is 5.50. The summed E-state index contributed by atoms with van der Waals surface area (Å²) < 4.78 is 5.49. The minimum Gasteiger partial charge on any atom is -0.384 e. The number of hydrogen-bond acceptors (Lipinski definition) is 5. The SMILES string of the molecule is CN(C)CCNc1ccnc(C(=O)NCC2CCCO2)c1. The third kappa shape index (κ3) is 5.32. The standard InChI is InChI=1S/C15H24N4O2/c1-19(2)8-7-16-12-5-6-17-14(10-12)15(20)18-11-13-4-3-9-21-13/h5-6,10,13H,3-4,7-9,11H2,1-2H3,(H,16,17)(H,18,20). The highest BCUT2D eigenvalue weighted by Crippen LogP contribution is 2.11. The number of nitrogens with one attached hydrogen (secondary N) is 2. The molecule has 1 saturated heterocycles. The van der Waals surface area contributed by atoms with Crippen LogP contribution in [0.2, 0.25) is 0 Å². The first kappa shape index (κ1) is 15.7. The van der Waals surface area contributed by atoms with Crippen molar-refractivity contribution in [2.75, 3.05) is 45.7 Å². The van der Waals surface area contributed by atoms with E-state index in [9.17, 15) is 4.79 Å². The van der Waals surface area contributed by atoms with Crippen LogP contribution in [-0.2, 0) is 4.74 Å². The van der Waals surface area contributed by atoms with Gasteiger partial charge < -0.3 is 20.3 Å². The van der Waals surface area contributed by atoms with Gasteiger partial charge in [-0.2, -0.15) is 0 Å². The molecular formula is C15H24N4O2. The van der Waals surface area contributed by atoms with Gasteiger partial charge in [-0.3, -0.25) is 9.78 Å². The highest BCUT2D eigenvalue weighted by molar-refractivity contribution is 5.93. The Morgan fingerprint density at radius 3 is 3.10 bits per heavy atom. The van der Waals surface area contributed by atoms with Crippen LogP contribution in [-0.4, -0.2) is 62.2 Å². The van der Waals surface area contributed by atoms with E-state index in [1.54, 1.807) is 12.3 Å². The molecular weight excluding hydrogens is 268 g/mol. The molecule has 1 amide bonds. The molecule has 2 N–H and O–H groups in total.